The summed E-state index contributed by atoms with van der Waals surface area (Å²) in [7, 11) is 0. The molecular formula is C20H21N3O. The third kappa shape index (κ3) is 3.38. The summed E-state index contributed by atoms with van der Waals surface area (Å²) in [6, 6.07) is 15.8. The van der Waals surface area contributed by atoms with E-state index < -0.39 is 0 Å². The van der Waals surface area contributed by atoms with Gasteiger partial charge in [0.2, 0.25) is 0 Å². The molecule has 0 saturated carbocycles. The normalized spacial score (nSPS) is 11.7. The van der Waals surface area contributed by atoms with Crippen LogP contribution in [0.3, 0.4) is 0 Å². The lowest BCUT2D eigenvalue weighted by Gasteiger charge is -2.07. The van der Waals surface area contributed by atoms with Gasteiger partial charge in [-0.25, -0.2) is 4.98 Å². The fourth-order valence-electron chi connectivity index (χ4n) is 2.56. The molecule has 0 atom stereocenters. The van der Waals surface area contributed by atoms with Gasteiger partial charge in [0.15, 0.2) is 0 Å². The van der Waals surface area contributed by atoms with E-state index in [1.54, 1.807) is 0 Å². The minimum Gasteiger partial charge on any atom is -0.352 e. The van der Waals surface area contributed by atoms with E-state index in [4.69, 9.17) is 0 Å². The lowest BCUT2D eigenvalue weighted by molar-refractivity contribution is -0.115. The molecular weight excluding hydrogens is 298 g/mol. The number of aromatic amines is 1. The summed E-state index contributed by atoms with van der Waals surface area (Å²) in [6.45, 7) is 4.71. The molecule has 1 heterocycles. The van der Waals surface area contributed by atoms with Crippen LogP contribution >= 0.6 is 0 Å². The van der Waals surface area contributed by atoms with Crippen molar-refractivity contribution in [2.75, 3.05) is 6.54 Å². The number of amides is 1. The summed E-state index contributed by atoms with van der Waals surface area (Å²) in [6.07, 6.45) is 2.79. The van der Waals surface area contributed by atoms with Gasteiger partial charge in [0, 0.05) is 6.54 Å². The molecule has 0 aliphatic heterocycles. The van der Waals surface area contributed by atoms with Crippen molar-refractivity contribution in [3.8, 4) is 0 Å². The van der Waals surface area contributed by atoms with Gasteiger partial charge in [0.25, 0.3) is 5.91 Å². The first-order valence-corrected chi connectivity index (χ1v) is 8.19. The number of carbonyl (C=O) groups is 1. The summed E-state index contributed by atoms with van der Waals surface area (Å²) in [5.74, 6) is 0.479. The Morgan fingerprint density at radius 2 is 1.92 bits per heavy atom. The lowest BCUT2D eigenvalue weighted by Crippen LogP contribution is -2.25. The predicted molar refractivity (Wildman–Crippen MR) is 98.4 cm³/mol. The second-order valence-corrected chi connectivity index (χ2v) is 5.77. The van der Waals surface area contributed by atoms with Gasteiger partial charge in [0.1, 0.15) is 5.82 Å². The van der Waals surface area contributed by atoms with E-state index in [9.17, 15) is 4.79 Å². The molecule has 3 rings (SSSR count). The molecule has 0 fully saturated rings. The van der Waals surface area contributed by atoms with Crippen LogP contribution in [0, 0.1) is 6.92 Å². The second kappa shape index (κ2) is 7.13. The lowest BCUT2D eigenvalue weighted by atomic mass is 10.0. The topological polar surface area (TPSA) is 57.8 Å². The van der Waals surface area contributed by atoms with Crippen LogP contribution in [0.1, 0.15) is 30.3 Å². The van der Waals surface area contributed by atoms with Crippen molar-refractivity contribution < 1.29 is 4.79 Å². The number of imidazole rings is 1. The maximum absolute atomic E-state index is 12.7. The Balaban J connectivity index is 2.07. The van der Waals surface area contributed by atoms with Crippen molar-refractivity contribution in [2.24, 2.45) is 0 Å². The second-order valence-electron chi connectivity index (χ2n) is 5.77. The van der Waals surface area contributed by atoms with E-state index in [0.29, 0.717) is 17.9 Å². The summed E-state index contributed by atoms with van der Waals surface area (Å²) in [4.78, 5) is 20.5. The molecule has 0 aliphatic rings. The van der Waals surface area contributed by atoms with Gasteiger partial charge in [0.05, 0.1) is 16.6 Å². The number of carbonyl (C=O) groups excluding carboxylic acids is 1. The first kappa shape index (κ1) is 16.0. The third-order valence-electron chi connectivity index (χ3n) is 3.91. The van der Waals surface area contributed by atoms with E-state index in [1.807, 2.05) is 68.5 Å². The average molecular weight is 319 g/mol. The van der Waals surface area contributed by atoms with Crippen LogP contribution in [0.25, 0.3) is 22.7 Å². The molecule has 0 radical (unpaired) electrons. The maximum atomic E-state index is 12.7. The zero-order valence-electron chi connectivity index (χ0n) is 14.0. The molecule has 4 nitrogen and oxygen atoms in total. The first-order valence-electron chi connectivity index (χ1n) is 8.19. The number of nitrogens with one attached hydrogen (secondary N) is 2. The zero-order valence-corrected chi connectivity index (χ0v) is 14.0. The minimum absolute atomic E-state index is 0.112. The van der Waals surface area contributed by atoms with E-state index >= 15 is 0 Å². The number of aryl methyl sites for hydroxylation is 1. The van der Waals surface area contributed by atoms with Crippen LogP contribution < -0.4 is 5.32 Å². The largest absolute Gasteiger partial charge is 0.352 e. The minimum atomic E-state index is -0.112. The molecule has 122 valence electrons. The number of para-hydroxylation sites is 2. The highest BCUT2D eigenvalue weighted by molar-refractivity contribution is 6.23. The Labute approximate surface area is 141 Å². The number of rotatable bonds is 5. The van der Waals surface area contributed by atoms with Gasteiger partial charge in [-0.2, -0.15) is 0 Å². The Bertz CT molecular complexity index is 860. The average Bonchev–Trinajstić information content (AvgIpc) is 3.02. The van der Waals surface area contributed by atoms with Crippen molar-refractivity contribution in [1.29, 1.82) is 0 Å². The van der Waals surface area contributed by atoms with Crippen LogP contribution in [0.4, 0.5) is 0 Å². The predicted octanol–water partition coefficient (Wildman–Crippen LogP) is 3.94. The molecule has 4 heteroatoms. The number of aromatic nitrogens is 2. The van der Waals surface area contributed by atoms with Crippen LogP contribution in [0.5, 0.6) is 0 Å². The fraction of sp³-hybridized carbons (Fsp3) is 0.200. The number of nitrogens with zero attached hydrogens (tertiary/aromatic N) is 1. The van der Waals surface area contributed by atoms with E-state index in [1.165, 1.54) is 0 Å². The third-order valence-corrected chi connectivity index (χ3v) is 3.91. The molecule has 3 aromatic rings. The van der Waals surface area contributed by atoms with Crippen molar-refractivity contribution in [3.63, 3.8) is 0 Å². The SMILES string of the molecule is CCCNC(=O)/C(=C/c1ccccc1C)c1nc2ccccc2[nH]1. The van der Waals surface area contributed by atoms with Gasteiger partial charge in [-0.1, -0.05) is 43.3 Å². The highest BCUT2D eigenvalue weighted by atomic mass is 16.1. The Hall–Kier alpha value is -2.88. The van der Waals surface area contributed by atoms with Crippen LogP contribution in [-0.4, -0.2) is 22.4 Å². The summed E-state index contributed by atoms with van der Waals surface area (Å²) in [5.41, 5.74) is 4.46. The quantitative estimate of drug-likeness (QED) is 0.700. The standard InChI is InChI=1S/C20H21N3O/c1-3-12-21-20(24)16(13-15-9-5-4-8-14(15)2)19-22-17-10-6-7-11-18(17)23-19/h4-11,13H,3,12H2,1-2H3,(H,21,24)(H,22,23)/b16-13+. The molecule has 24 heavy (non-hydrogen) atoms. The summed E-state index contributed by atoms with van der Waals surface area (Å²) < 4.78 is 0. The van der Waals surface area contributed by atoms with Crippen molar-refractivity contribution in [3.05, 3.63) is 65.5 Å². The monoisotopic (exact) mass is 319 g/mol. The van der Waals surface area contributed by atoms with E-state index in [0.717, 1.165) is 28.6 Å². The van der Waals surface area contributed by atoms with E-state index in [2.05, 4.69) is 15.3 Å². The number of benzene rings is 2. The van der Waals surface area contributed by atoms with Crippen LogP contribution in [0.15, 0.2) is 48.5 Å². The highest BCUT2D eigenvalue weighted by Crippen LogP contribution is 2.21. The molecule has 0 unspecified atom stereocenters. The Morgan fingerprint density at radius 3 is 2.67 bits per heavy atom. The maximum Gasteiger partial charge on any atom is 0.255 e. The molecule has 2 N–H and O–H groups in total. The fourth-order valence-corrected chi connectivity index (χ4v) is 2.56. The number of hydrogen-bond acceptors (Lipinski definition) is 2. The Kier molecular flexibility index (Phi) is 4.75. The Morgan fingerprint density at radius 1 is 1.17 bits per heavy atom. The molecule has 0 spiro atoms. The molecule has 0 bridgehead atoms. The van der Waals surface area contributed by atoms with Gasteiger partial charge < -0.3 is 10.3 Å². The van der Waals surface area contributed by atoms with Gasteiger partial charge in [-0.05, 0) is 42.7 Å². The summed E-state index contributed by atoms with van der Waals surface area (Å²) >= 11 is 0. The van der Waals surface area contributed by atoms with Gasteiger partial charge in [-0.15, -0.1) is 0 Å². The molecule has 1 aromatic heterocycles. The van der Waals surface area contributed by atoms with Crippen molar-refractivity contribution >= 4 is 28.6 Å². The van der Waals surface area contributed by atoms with Crippen LogP contribution in [-0.2, 0) is 4.79 Å². The molecule has 2 aromatic carbocycles. The highest BCUT2D eigenvalue weighted by Gasteiger charge is 2.16. The molecule has 0 aliphatic carbocycles. The van der Waals surface area contributed by atoms with E-state index in [-0.39, 0.29) is 5.91 Å². The summed E-state index contributed by atoms with van der Waals surface area (Å²) in [5, 5.41) is 2.95. The van der Waals surface area contributed by atoms with Crippen molar-refractivity contribution in [1.82, 2.24) is 15.3 Å². The number of fused-ring (bicyclic) bond motifs is 1. The first-order chi connectivity index (χ1) is 11.7. The van der Waals surface area contributed by atoms with Crippen molar-refractivity contribution in [2.45, 2.75) is 20.3 Å². The van der Waals surface area contributed by atoms with Gasteiger partial charge in [-0.3, -0.25) is 4.79 Å². The number of hydrogen-bond donors (Lipinski definition) is 2. The smallest absolute Gasteiger partial charge is 0.255 e. The zero-order chi connectivity index (χ0) is 16.9. The van der Waals surface area contributed by atoms with Crippen LogP contribution in [0.2, 0.25) is 0 Å². The molecule has 1 amide bonds. The molecule has 0 saturated heterocycles. The van der Waals surface area contributed by atoms with Gasteiger partial charge >= 0.3 is 0 Å². The number of H-pyrrole nitrogens is 1.